The lowest BCUT2D eigenvalue weighted by Crippen LogP contribution is -2.60. The van der Waals surface area contributed by atoms with Gasteiger partial charge in [0, 0.05) is 6.42 Å². The molecule has 1 heterocycles. The molecule has 0 aromatic carbocycles. The minimum Gasteiger partial charge on any atom is -0.394 e. The van der Waals surface area contributed by atoms with Crippen LogP contribution in [0.5, 0.6) is 0 Å². The molecule has 0 aromatic rings. The second-order valence-electron chi connectivity index (χ2n) is 19.0. The Hall–Kier alpha value is -1.85. The lowest BCUT2D eigenvalue weighted by atomic mass is 9.99. The summed E-state index contributed by atoms with van der Waals surface area (Å²) in [6.07, 6.45) is 53.1. The third-order valence-electron chi connectivity index (χ3n) is 12.9. The van der Waals surface area contributed by atoms with Crippen molar-refractivity contribution in [3.05, 3.63) is 48.6 Å². The van der Waals surface area contributed by atoms with E-state index in [0.29, 0.717) is 6.42 Å². The van der Waals surface area contributed by atoms with Gasteiger partial charge in [-0.05, 0) is 57.8 Å². The number of rotatable bonds is 46. The molecule has 0 radical (unpaired) electrons. The Balaban J connectivity index is 2.29. The van der Waals surface area contributed by atoms with Gasteiger partial charge in [0.2, 0.25) is 5.91 Å². The number of aliphatic hydroxyl groups is 5. The quantitative estimate of drug-likeness (QED) is 0.0201. The van der Waals surface area contributed by atoms with Gasteiger partial charge in [0.15, 0.2) is 6.29 Å². The summed E-state index contributed by atoms with van der Waals surface area (Å²) in [5.74, 6) is -0.190. The first-order valence-corrected chi connectivity index (χ1v) is 27.4. The number of unbranched alkanes of at least 4 members (excludes halogenated alkanes) is 31. The SMILES string of the molecule is CCCCC/C=C\C=C/CCCCCCCCCCCCC(=O)NC(COC1OC(CO)C(O)C(O)C1O)C(O)/C=C/CC/C=C/CCCCCCCCCCCCCCCCCCC. The lowest BCUT2D eigenvalue weighted by molar-refractivity contribution is -0.302. The molecular formula is C56H103NO8. The molecule has 1 aliphatic rings. The minimum absolute atomic E-state index is 0.190. The highest BCUT2D eigenvalue weighted by atomic mass is 16.7. The Kier molecular flexibility index (Phi) is 43.2. The van der Waals surface area contributed by atoms with E-state index < -0.39 is 49.5 Å². The summed E-state index contributed by atoms with van der Waals surface area (Å²) in [7, 11) is 0. The van der Waals surface area contributed by atoms with Crippen molar-refractivity contribution in [1.29, 1.82) is 0 Å². The number of amides is 1. The van der Waals surface area contributed by atoms with E-state index in [9.17, 15) is 30.3 Å². The third-order valence-corrected chi connectivity index (χ3v) is 12.9. The maximum atomic E-state index is 13.0. The highest BCUT2D eigenvalue weighted by Crippen LogP contribution is 2.23. The second kappa shape index (κ2) is 45.9. The van der Waals surface area contributed by atoms with Crippen LogP contribution in [0.1, 0.15) is 245 Å². The van der Waals surface area contributed by atoms with Crippen LogP contribution in [0.2, 0.25) is 0 Å². The summed E-state index contributed by atoms with van der Waals surface area (Å²) < 4.78 is 11.2. The predicted octanol–water partition coefficient (Wildman–Crippen LogP) is 13.0. The number of hydrogen-bond donors (Lipinski definition) is 6. The van der Waals surface area contributed by atoms with Crippen LogP contribution in [0.4, 0.5) is 0 Å². The van der Waals surface area contributed by atoms with Crippen molar-refractivity contribution in [1.82, 2.24) is 5.32 Å². The Morgan fingerprint density at radius 1 is 0.523 bits per heavy atom. The van der Waals surface area contributed by atoms with Gasteiger partial charge in [-0.3, -0.25) is 4.79 Å². The first kappa shape index (κ1) is 61.2. The molecule has 0 bridgehead atoms. The van der Waals surface area contributed by atoms with Gasteiger partial charge in [-0.25, -0.2) is 0 Å². The fraction of sp³-hybridized carbons (Fsp3) is 0.839. The number of carbonyl (C=O) groups excluding carboxylic acids is 1. The Labute approximate surface area is 399 Å². The molecule has 9 heteroatoms. The maximum absolute atomic E-state index is 13.0. The molecule has 65 heavy (non-hydrogen) atoms. The normalized spacial score (nSPS) is 20.3. The van der Waals surface area contributed by atoms with Gasteiger partial charge in [0.1, 0.15) is 24.4 Å². The Morgan fingerprint density at radius 2 is 0.923 bits per heavy atom. The Morgan fingerprint density at radius 3 is 1.42 bits per heavy atom. The van der Waals surface area contributed by atoms with Gasteiger partial charge in [0.25, 0.3) is 0 Å². The van der Waals surface area contributed by atoms with E-state index >= 15 is 0 Å². The smallest absolute Gasteiger partial charge is 0.220 e. The maximum Gasteiger partial charge on any atom is 0.220 e. The molecule has 1 fully saturated rings. The average Bonchev–Trinajstić information content (AvgIpc) is 3.31. The number of aliphatic hydroxyl groups excluding tert-OH is 5. The zero-order valence-corrected chi connectivity index (χ0v) is 42.0. The van der Waals surface area contributed by atoms with Crippen molar-refractivity contribution in [2.75, 3.05) is 13.2 Å². The standard InChI is InChI=1S/C56H103NO8/c1-3-5-7-9-11-13-15-17-19-21-23-24-25-26-28-29-31-33-35-37-39-41-43-45-50(59)49(48-64-56-55(63)54(62)53(61)51(47-58)65-56)57-52(60)46-44-42-40-38-36-34-32-30-27-22-20-18-16-14-12-10-8-6-4-2/h12,14,16,18,35,37,43,45,49-51,53-56,58-59,61-63H,3-11,13,15,17,19-34,36,38-42,44,46-48H2,1-2H3,(H,57,60)/b14-12-,18-16-,37-35+,45-43+. The zero-order chi connectivity index (χ0) is 47.3. The van der Waals surface area contributed by atoms with Crippen molar-refractivity contribution in [3.8, 4) is 0 Å². The molecule has 0 spiro atoms. The fourth-order valence-corrected chi connectivity index (χ4v) is 8.52. The molecule has 380 valence electrons. The third kappa shape index (κ3) is 35.9. The molecule has 7 unspecified atom stereocenters. The molecule has 1 amide bonds. The zero-order valence-electron chi connectivity index (χ0n) is 42.0. The van der Waals surface area contributed by atoms with E-state index in [1.54, 1.807) is 6.08 Å². The highest BCUT2D eigenvalue weighted by molar-refractivity contribution is 5.76. The topological polar surface area (TPSA) is 149 Å². The van der Waals surface area contributed by atoms with Gasteiger partial charge in [-0.15, -0.1) is 0 Å². The monoisotopic (exact) mass is 918 g/mol. The van der Waals surface area contributed by atoms with E-state index in [-0.39, 0.29) is 12.5 Å². The van der Waals surface area contributed by atoms with E-state index in [4.69, 9.17) is 9.47 Å². The summed E-state index contributed by atoms with van der Waals surface area (Å²) >= 11 is 0. The van der Waals surface area contributed by atoms with Crippen LogP contribution in [-0.4, -0.2) is 87.5 Å². The predicted molar refractivity (Wildman–Crippen MR) is 272 cm³/mol. The van der Waals surface area contributed by atoms with E-state index in [1.165, 1.54) is 180 Å². The summed E-state index contributed by atoms with van der Waals surface area (Å²) in [5, 5.41) is 54.4. The van der Waals surface area contributed by atoms with Gasteiger partial charge in [-0.1, -0.05) is 229 Å². The average molecular weight is 918 g/mol. The van der Waals surface area contributed by atoms with Crippen molar-refractivity contribution < 1.29 is 39.8 Å². The minimum atomic E-state index is -1.57. The summed E-state index contributed by atoms with van der Waals surface area (Å²) in [6.45, 7) is 3.75. The van der Waals surface area contributed by atoms with Crippen molar-refractivity contribution in [3.63, 3.8) is 0 Å². The van der Waals surface area contributed by atoms with Gasteiger partial charge >= 0.3 is 0 Å². The molecule has 0 aliphatic carbocycles. The number of hydrogen-bond acceptors (Lipinski definition) is 8. The van der Waals surface area contributed by atoms with Gasteiger partial charge in [-0.2, -0.15) is 0 Å². The van der Waals surface area contributed by atoms with E-state index in [2.05, 4.69) is 55.6 Å². The molecule has 7 atom stereocenters. The molecule has 1 saturated heterocycles. The number of ether oxygens (including phenoxy) is 2. The summed E-state index contributed by atoms with van der Waals surface area (Å²) in [6, 6.07) is -0.824. The van der Waals surface area contributed by atoms with E-state index in [0.717, 1.165) is 44.9 Å². The molecule has 1 aliphatic heterocycles. The number of nitrogens with one attached hydrogen (secondary N) is 1. The van der Waals surface area contributed by atoms with E-state index in [1.807, 2.05) is 6.08 Å². The number of allylic oxidation sites excluding steroid dienone is 7. The second-order valence-corrected chi connectivity index (χ2v) is 19.0. The molecule has 0 aromatic heterocycles. The first-order valence-electron chi connectivity index (χ1n) is 27.4. The highest BCUT2D eigenvalue weighted by Gasteiger charge is 2.44. The first-order chi connectivity index (χ1) is 31.8. The van der Waals surface area contributed by atoms with Crippen molar-refractivity contribution >= 4 is 5.91 Å². The van der Waals surface area contributed by atoms with Gasteiger partial charge in [0.05, 0.1) is 25.4 Å². The molecule has 9 nitrogen and oxygen atoms in total. The largest absolute Gasteiger partial charge is 0.394 e. The Bertz CT molecular complexity index is 1160. The molecule has 0 saturated carbocycles. The molecular weight excluding hydrogens is 815 g/mol. The van der Waals surface area contributed by atoms with Crippen LogP contribution in [-0.2, 0) is 14.3 Å². The fourth-order valence-electron chi connectivity index (χ4n) is 8.52. The van der Waals surface area contributed by atoms with Crippen LogP contribution in [0.25, 0.3) is 0 Å². The summed E-state index contributed by atoms with van der Waals surface area (Å²) in [5.41, 5.74) is 0. The number of carbonyl (C=O) groups is 1. The van der Waals surface area contributed by atoms with Crippen LogP contribution in [0.15, 0.2) is 48.6 Å². The lowest BCUT2D eigenvalue weighted by Gasteiger charge is -2.40. The van der Waals surface area contributed by atoms with Crippen molar-refractivity contribution in [2.24, 2.45) is 0 Å². The van der Waals surface area contributed by atoms with Crippen LogP contribution < -0.4 is 5.32 Å². The van der Waals surface area contributed by atoms with Crippen LogP contribution >= 0.6 is 0 Å². The van der Waals surface area contributed by atoms with Crippen LogP contribution in [0, 0.1) is 0 Å². The van der Waals surface area contributed by atoms with Gasteiger partial charge < -0.3 is 40.3 Å². The van der Waals surface area contributed by atoms with Crippen molar-refractivity contribution in [2.45, 2.75) is 288 Å². The van der Waals surface area contributed by atoms with Crippen LogP contribution in [0.3, 0.4) is 0 Å². The summed E-state index contributed by atoms with van der Waals surface area (Å²) in [4.78, 5) is 13.0. The molecule has 1 rings (SSSR count). The molecule has 6 N–H and O–H groups in total.